The number of anilines is 1. The number of carbonyl (C=O) groups excluding carboxylic acids is 1. The van der Waals surface area contributed by atoms with Crippen LogP contribution in [0.4, 0.5) is 5.69 Å². The van der Waals surface area contributed by atoms with Crippen molar-refractivity contribution in [3.05, 3.63) is 59.4 Å². The minimum atomic E-state index is -0.0100. The maximum atomic E-state index is 12.6. The van der Waals surface area contributed by atoms with E-state index in [0.29, 0.717) is 29.9 Å². The molecule has 1 saturated heterocycles. The van der Waals surface area contributed by atoms with Crippen molar-refractivity contribution in [2.45, 2.75) is 26.3 Å². The molecule has 3 aromatic rings. The van der Waals surface area contributed by atoms with Gasteiger partial charge in [-0.05, 0) is 69.3 Å². The fraction of sp³-hybridized carbons (Fsp3) is 0.348. The molecule has 0 spiro atoms. The normalized spacial score (nSPS) is 15.0. The molecule has 4 rings (SSSR count). The fourth-order valence-corrected chi connectivity index (χ4v) is 3.88. The molecule has 1 N–H and O–H groups in total. The van der Waals surface area contributed by atoms with Gasteiger partial charge in [0.15, 0.2) is 0 Å². The Morgan fingerprint density at radius 3 is 2.65 bits per heavy atom. The molecule has 0 unspecified atom stereocenters. The van der Waals surface area contributed by atoms with E-state index >= 15 is 0 Å². The largest absolute Gasteiger partial charge is 0.494 e. The Hall–Kier alpha value is -2.90. The lowest BCUT2D eigenvalue weighted by Crippen LogP contribution is -2.37. The van der Waals surface area contributed by atoms with Crippen molar-refractivity contribution in [2.24, 2.45) is 5.92 Å². The number of likely N-dealkylation sites (tertiary alicyclic amines) is 1. The van der Waals surface area contributed by atoms with Gasteiger partial charge in [-0.15, -0.1) is 0 Å². The van der Waals surface area contributed by atoms with Crippen LogP contribution in [0.25, 0.3) is 11.4 Å². The average molecular weight is 441 g/mol. The quantitative estimate of drug-likeness (QED) is 0.576. The summed E-state index contributed by atoms with van der Waals surface area (Å²) in [5.74, 6) is 1.89. The van der Waals surface area contributed by atoms with Crippen molar-refractivity contribution in [3.8, 4) is 17.1 Å². The van der Waals surface area contributed by atoms with Gasteiger partial charge < -0.3 is 14.6 Å². The Morgan fingerprint density at radius 1 is 1.19 bits per heavy atom. The summed E-state index contributed by atoms with van der Waals surface area (Å²) in [6, 6.07) is 14.9. The molecule has 0 bridgehead atoms. The summed E-state index contributed by atoms with van der Waals surface area (Å²) >= 11 is 6.21. The van der Waals surface area contributed by atoms with E-state index in [1.165, 1.54) is 0 Å². The zero-order chi connectivity index (χ0) is 21.6. The third-order valence-corrected chi connectivity index (χ3v) is 5.66. The standard InChI is InChI=1S/C23H25ClN4O3/c1-2-30-18-9-7-17(8-10-18)25-23(29)16-11-13-28(14-12-16)15-21-26-22(27-31-21)19-5-3-4-6-20(19)24/h3-10,16H,2,11-15H2,1H3,(H,25,29). The third kappa shape index (κ3) is 5.42. The third-order valence-electron chi connectivity index (χ3n) is 5.33. The molecule has 1 amide bonds. The lowest BCUT2D eigenvalue weighted by molar-refractivity contribution is -0.121. The number of nitrogens with one attached hydrogen (secondary N) is 1. The molecule has 1 fully saturated rings. The van der Waals surface area contributed by atoms with E-state index in [-0.39, 0.29) is 11.8 Å². The summed E-state index contributed by atoms with van der Waals surface area (Å²) in [7, 11) is 0. The zero-order valence-corrected chi connectivity index (χ0v) is 18.1. The van der Waals surface area contributed by atoms with Crippen LogP contribution in [0.3, 0.4) is 0 Å². The molecule has 0 saturated carbocycles. The van der Waals surface area contributed by atoms with Crippen LogP contribution in [0.5, 0.6) is 5.75 Å². The summed E-state index contributed by atoms with van der Waals surface area (Å²) in [5, 5.41) is 7.65. The summed E-state index contributed by atoms with van der Waals surface area (Å²) in [4.78, 5) is 19.3. The minimum Gasteiger partial charge on any atom is -0.494 e. The minimum absolute atomic E-state index is 0.0100. The van der Waals surface area contributed by atoms with Crippen LogP contribution >= 0.6 is 11.6 Å². The SMILES string of the molecule is CCOc1ccc(NC(=O)C2CCN(Cc3nc(-c4ccccc4Cl)no3)CC2)cc1. The molecule has 1 aliphatic rings. The maximum Gasteiger partial charge on any atom is 0.241 e. The molecule has 0 aliphatic carbocycles. The zero-order valence-electron chi connectivity index (χ0n) is 17.4. The first-order valence-corrected chi connectivity index (χ1v) is 10.8. The highest BCUT2D eigenvalue weighted by molar-refractivity contribution is 6.33. The topological polar surface area (TPSA) is 80.5 Å². The van der Waals surface area contributed by atoms with Crippen molar-refractivity contribution < 1.29 is 14.1 Å². The second-order valence-electron chi connectivity index (χ2n) is 7.49. The van der Waals surface area contributed by atoms with Gasteiger partial charge in [0, 0.05) is 17.2 Å². The molecular weight excluding hydrogens is 416 g/mol. The van der Waals surface area contributed by atoms with Gasteiger partial charge >= 0.3 is 0 Å². The molecule has 31 heavy (non-hydrogen) atoms. The first-order chi connectivity index (χ1) is 15.1. The van der Waals surface area contributed by atoms with Crippen molar-refractivity contribution in [1.29, 1.82) is 0 Å². The lowest BCUT2D eigenvalue weighted by Gasteiger charge is -2.30. The number of benzene rings is 2. The Balaban J connectivity index is 1.27. The number of amides is 1. The molecule has 0 radical (unpaired) electrons. The highest BCUT2D eigenvalue weighted by atomic mass is 35.5. The van der Waals surface area contributed by atoms with Crippen molar-refractivity contribution in [3.63, 3.8) is 0 Å². The van der Waals surface area contributed by atoms with E-state index in [4.69, 9.17) is 20.9 Å². The molecule has 1 aliphatic heterocycles. The van der Waals surface area contributed by atoms with Crippen molar-refractivity contribution >= 4 is 23.2 Å². The summed E-state index contributed by atoms with van der Waals surface area (Å²) in [5.41, 5.74) is 1.54. The van der Waals surface area contributed by atoms with E-state index in [1.54, 1.807) is 6.07 Å². The van der Waals surface area contributed by atoms with Crippen LogP contribution in [-0.4, -0.2) is 40.6 Å². The Morgan fingerprint density at radius 2 is 1.94 bits per heavy atom. The Bertz CT molecular complexity index is 1010. The second kappa shape index (κ2) is 9.94. The van der Waals surface area contributed by atoms with Crippen molar-refractivity contribution in [2.75, 3.05) is 25.0 Å². The number of aromatic nitrogens is 2. The molecule has 7 nitrogen and oxygen atoms in total. The van der Waals surface area contributed by atoms with E-state index in [0.717, 1.165) is 42.9 Å². The van der Waals surface area contributed by atoms with E-state index in [1.807, 2.05) is 49.4 Å². The number of hydrogen-bond donors (Lipinski definition) is 1. The van der Waals surface area contributed by atoms with Gasteiger partial charge in [-0.3, -0.25) is 9.69 Å². The number of ether oxygens (including phenoxy) is 1. The maximum absolute atomic E-state index is 12.6. The number of rotatable bonds is 7. The number of halogens is 1. The summed E-state index contributed by atoms with van der Waals surface area (Å²) in [6.07, 6.45) is 1.57. The fourth-order valence-electron chi connectivity index (χ4n) is 3.66. The molecule has 8 heteroatoms. The summed E-state index contributed by atoms with van der Waals surface area (Å²) in [6.45, 7) is 4.72. The first-order valence-electron chi connectivity index (χ1n) is 10.5. The van der Waals surface area contributed by atoms with Gasteiger partial charge in [0.2, 0.25) is 17.6 Å². The summed E-state index contributed by atoms with van der Waals surface area (Å²) < 4.78 is 10.8. The number of carbonyl (C=O) groups is 1. The van der Waals surface area contributed by atoms with Crippen LogP contribution in [0.15, 0.2) is 53.1 Å². The Labute approximate surface area is 186 Å². The molecule has 0 atom stereocenters. The predicted molar refractivity (Wildman–Crippen MR) is 119 cm³/mol. The van der Waals surface area contributed by atoms with Crippen molar-refractivity contribution in [1.82, 2.24) is 15.0 Å². The lowest BCUT2D eigenvalue weighted by atomic mass is 9.96. The predicted octanol–water partition coefficient (Wildman–Crippen LogP) is 4.64. The van der Waals surface area contributed by atoms with Gasteiger partial charge in [-0.2, -0.15) is 4.98 Å². The number of nitrogens with zero attached hydrogens (tertiary/aromatic N) is 3. The van der Waals surface area contributed by atoms with Crippen LogP contribution in [-0.2, 0) is 11.3 Å². The smallest absolute Gasteiger partial charge is 0.241 e. The van der Waals surface area contributed by atoms with Gasteiger partial charge in [-0.1, -0.05) is 28.9 Å². The van der Waals surface area contributed by atoms with Gasteiger partial charge in [0.1, 0.15) is 5.75 Å². The molecular formula is C23H25ClN4O3. The molecule has 2 aromatic carbocycles. The highest BCUT2D eigenvalue weighted by Gasteiger charge is 2.26. The molecule has 2 heterocycles. The van der Waals surface area contributed by atoms with Gasteiger partial charge in [0.05, 0.1) is 18.2 Å². The highest BCUT2D eigenvalue weighted by Crippen LogP contribution is 2.26. The Kier molecular flexibility index (Phi) is 6.84. The number of hydrogen-bond acceptors (Lipinski definition) is 6. The van der Waals surface area contributed by atoms with Crippen LogP contribution in [0.2, 0.25) is 5.02 Å². The average Bonchev–Trinajstić information content (AvgIpc) is 3.24. The second-order valence-corrected chi connectivity index (χ2v) is 7.90. The van der Waals surface area contributed by atoms with Crippen LogP contribution < -0.4 is 10.1 Å². The molecule has 1 aromatic heterocycles. The monoisotopic (exact) mass is 440 g/mol. The van der Waals surface area contributed by atoms with Gasteiger partial charge in [0.25, 0.3) is 0 Å². The van der Waals surface area contributed by atoms with Crippen LogP contribution in [0.1, 0.15) is 25.7 Å². The van der Waals surface area contributed by atoms with Gasteiger partial charge in [-0.25, -0.2) is 0 Å². The van der Waals surface area contributed by atoms with E-state index < -0.39 is 0 Å². The number of piperidine rings is 1. The van der Waals surface area contributed by atoms with E-state index in [9.17, 15) is 4.79 Å². The first kappa shape index (κ1) is 21.3. The molecule has 162 valence electrons. The van der Waals surface area contributed by atoms with E-state index in [2.05, 4.69) is 20.4 Å². The van der Waals surface area contributed by atoms with Crippen LogP contribution in [0, 0.1) is 5.92 Å².